The molecule has 0 aliphatic heterocycles. The Hall–Kier alpha value is -1.32. The minimum Gasteiger partial charge on any atom is -0.352 e. The van der Waals surface area contributed by atoms with E-state index in [1.54, 1.807) is 10.9 Å². The van der Waals surface area contributed by atoms with Crippen molar-refractivity contribution in [2.75, 3.05) is 6.54 Å². The SMILES string of the molecule is CCCCCCNC(=O)c1cnn(C)c1C. The van der Waals surface area contributed by atoms with Gasteiger partial charge in [-0.1, -0.05) is 26.2 Å². The number of carbonyl (C=O) groups excluding carboxylic acids is 1. The molecule has 0 saturated carbocycles. The van der Waals surface area contributed by atoms with E-state index in [1.807, 2.05) is 14.0 Å². The predicted molar refractivity (Wildman–Crippen MR) is 64.4 cm³/mol. The lowest BCUT2D eigenvalue weighted by molar-refractivity contribution is 0.0952. The summed E-state index contributed by atoms with van der Waals surface area (Å²) in [7, 11) is 1.84. The van der Waals surface area contributed by atoms with Gasteiger partial charge in [-0.05, 0) is 13.3 Å². The van der Waals surface area contributed by atoms with Gasteiger partial charge in [0.25, 0.3) is 5.91 Å². The zero-order valence-corrected chi connectivity index (χ0v) is 10.4. The summed E-state index contributed by atoms with van der Waals surface area (Å²) in [5.74, 6) is -0.0119. The van der Waals surface area contributed by atoms with Crippen LogP contribution in [0.4, 0.5) is 0 Å². The molecular weight excluding hydrogens is 202 g/mol. The third kappa shape index (κ3) is 3.36. The highest BCUT2D eigenvalue weighted by Gasteiger charge is 2.11. The molecule has 0 aliphatic rings. The van der Waals surface area contributed by atoms with Gasteiger partial charge >= 0.3 is 0 Å². The van der Waals surface area contributed by atoms with Gasteiger partial charge in [0.05, 0.1) is 11.8 Å². The molecule has 4 nitrogen and oxygen atoms in total. The summed E-state index contributed by atoms with van der Waals surface area (Å²) >= 11 is 0. The molecule has 0 spiro atoms. The molecule has 0 atom stereocenters. The second-order valence-corrected chi connectivity index (χ2v) is 4.08. The van der Waals surface area contributed by atoms with Gasteiger partial charge in [0, 0.05) is 19.3 Å². The van der Waals surface area contributed by atoms with Gasteiger partial charge in [-0.3, -0.25) is 9.48 Å². The van der Waals surface area contributed by atoms with Crippen LogP contribution in [-0.2, 0) is 7.05 Å². The zero-order valence-electron chi connectivity index (χ0n) is 10.4. The second-order valence-electron chi connectivity index (χ2n) is 4.08. The summed E-state index contributed by atoms with van der Waals surface area (Å²) in [6, 6.07) is 0. The lowest BCUT2D eigenvalue weighted by Crippen LogP contribution is -2.24. The first-order valence-corrected chi connectivity index (χ1v) is 5.93. The van der Waals surface area contributed by atoms with Crippen molar-refractivity contribution in [3.8, 4) is 0 Å². The highest BCUT2D eigenvalue weighted by molar-refractivity contribution is 5.94. The van der Waals surface area contributed by atoms with Gasteiger partial charge in [-0.2, -0.15) is 5.10 Å². The van der Waals surface area contributed by atoms with Gasteiger partial charge in [0.2, 0.25) is 0 Å². The van der Waals surface area contributed by atoms with Crippen LogP contribution >= 0.6 is 0 Å². The minimum atomic E-state index is -0.0119. The van der Waals surface area contributed by atoms with Crippen LogP contribution in [-0.4, -0.2) is 22.2 Å². The van der Waals surface area contributed by atoms with Crippen molar-refractivity contribution in [3.05, 3.63) is 17.5 Å². The van der Waals surface area contributed by atoms with Gasteiger partial charge in [-0.25, -0.2) is 0 Å². The normalized spacial score (nSPS) is 10.4. The average Bonchev–Trinajstić information content (AvgIpc) is 2.59. The minimum absolute atomic E-state index is 0.0119. The van der Waals surface area contributed by atoms with Crippen molar-refractivity contribution in [2.45, 2.75) is 39.5 Å². The van der Waals surface area contributed by atoms with Crippen LogP contribution in [0.5, 0.6) is 0 Å². The van der Waals surface area contributed by atoms with E-state index in [-0.39, 0.29) is 5.91 Å². The summed E-state index contributed by atoms with van der Waals surface area (Å²) < 4.78 is 1.71. The Bertz CT molecular complexity index is 344. The number of carbonyl (C=O) groups is 1. The molecule has 0 saturated heterocycles. The number of rotatable bonds is 6. The molecule has 4 heteroatoms. The lowest BCUT2D eigenvalue weighted by atomic mass is 10.2. The summed E-state index contributed by atoms with van der Waals surface area (Å²) in [6.07, 6.45) is 6.32. The number of unbranched alkanes of at least 4 members (excludes halogenated alkanes) is 3. The third-order valence-electron chi connectivity index (χ3n) is 2.80. The summed E-state index contributed by atoms with van der Waals surface area (Å²) in [4.78, 5) is 11.7. The smallest absolute Gasteiger partial charge is 0.254 e. The standard InChI is InChI=1S/C12H21N3O/c1-4-5-6-7-8-13-12(16)11-9-14-15(3)10(11)2/h9H,4-8H2,1-3H3,(H,13,16). The first kappa shape index (κ1) is 12.7. The molecule has 1 aromatic rings. The molecule has 0 aromatic carbocycles. The van der Waals surface area contributed by atoms with Crippen molar-refractivity contribution in [1.29, 1.82) is 0 Å². The fourth-order valence-corrected chi connectivity index (χ4v) is 1.57. The maximum absolute atomic E-state index is 11.7. The van der Waals surface area contributed by atoms with E-state index in [2.05, 4.69) is 17.3 Å². The van der Waals surface area contributed by atoms with Crippen LogP contribution in [0.1, 0.15) is 48.7 Å². The Morgan fingerprint density at radius 1 is 1.44 bits per heavy atom. The van der Waals surface area contributed by atoms with E-state index < -0.39 is 0 Å². The molecule has 1 N–H and O–H groups in total. The fourth-order valence-electron chi connectivity index (χ4n) is 1.57. The van der Waals surface area contributed by atoms with Crippen molar-refractivity contribution in [1.82, 2.24) is 15.1 Å². The summed E-state index contributed by atoms with van der Waals surface area (Å²) in [6.45, 7) is 4.84. The van der Waals surface area contributed by atoms with Crippen molar-refractivity contribution in [2.24, 2.45) is 7.05 Å². The summed E-state index contributed by atoms with van der Waals surface area (Å²) in [5, 5.41) is 6.97. The molecule has 1 rings (SSSR count). The van der Waals surface area contributed by atoms with Crippen molar-refractivity contribution >= 4 is 5.91 Å². The van der Waals surface area contributed by atoms with Crippen LogP contribution in [0.2, 0.25) is 0 Å². The average molecular weight is 223 g/mol. The van der Waals surface area contributed by atoms with E-state index in [0.717, 1.165) is 18.7 Å². The Balaban J connectivity index is 2.33. The first-order chi connectivity index (χ1) is 7.66. The topological polar surface area (TPSA) is 46.9 Å². The monoisotopic (exact) mass is 223 g/mol. The van der Waals surface area contributed by atoms with Crippen LogP contribution in [0.15, 0.2) is 6.20 Å². The van der Waals surface area contributed by atoms with E-state index in [4.69, 9.17) is 0 Å². The maximum Gasteiger partial charge on any atom is 0.254 e. The highest BCUT2D eigenvalue weighted by atomic mass is 16.1. The zero-order chi connectivity index (χ0) is 12.0. The molecule has 0 aliphatic carbocycles. The summed E-state index contributed by atoms with van der Waals surface area (Å²) in [5.41, 5.74) is 1.59. The van der Waals surface area contributed by atoms with E-state index >= 15 is 0 Å². The van der Waals surface area contributed by atoms with Gasteiger partial charge in [-0.15, -0.1) is 0 Å². The Kier molecular flexibility index (Phi) is 5.02. The van der Waals surface area contributed by atoms with Crippen molar-refractivity contribution < 1.29 is 4.79 Å². The van der Waals surface area contributed by atoms with Gasteiger partial charge in [0.1, 0.15) is 0 Å². The van der Waals surface area contributed by atoms with Crippen LogP contribution in [0.25, 0.3) is 0 Å². The Labute approximate surface area is 97.0 Å². The second kappa shape index (κ2) is 6.30. The molecule has 0 bridgehead atoms. The van der Waals surface area contributed by atoms with Crippen LogP contribution < -0.4 is 5.32 Å². The molecule has 90 valence electrons. The van der Waals surface area contributed by atoms with Crippen LogP contribution in [0.3, 0.4) is 0 Å². The predicted octanol–water partition coefficient (Wildman–Crippen LogP) is 2.04. The largest absolute Gasteiger partial charge is 0.352 e. The van der Waals surface area contributed by atoms with Gasteiger partial charge < -0.3 is 5.32 Å². The fraction of sp³-hybridized carbons (Fsp3) is 0.667. The molecular formula is C12H21N3O. The number of aryl methyl sites for hydroxylation is 1. The lowest BCUT2D eigenvalue weighted by Gasteiger charge is -2.04. The third-order valence-corrected chi connectivity index (χ3v) is 2.80. The van der Waals surface area contributed by atoms with Gasteiger partial charge in [0.15, 0.2) is 0 Å². The number of nitrogens with one attached hydrogen (secondary N) is 1. The van der Waals surface area contributed by atoms with E-state index in [0.29, 0.717) is 5.56 Å². The molecule has 0 fully saturated rings. The number of amides is 1. The number of nitrogens with zero attached hydrogens (tertiary/aromatic N) is 2. The Morgan fingerprint density at radius 2 is 2.19 bits per heavy atom. The molecule has 1 heterocycles. The number of hydrogen-bond acceptors (Lipinski definition) is 2. The molecule has 1 amide bonds. The molecule has 16 heavy (non-hydrogen) atoms. The number of aromatic nitrogens is 2. The molecule has 1 aromatic heterocycles. The van der Waals surface area contributed by atoms with Crippen molar-refractivity contribution in [3.63, 3.8) is 0 Å². The Morgan fingerprint density at radius 3 is 2.75 bits per heavy atom. The quantitative estimate of drug-likeness (QED) is 0.750. The number of hydrogen-bond donors (Lipinski definition) is 1. The van der Waals surface area contributed by atoms with E-state index in [1.165, 1.54) is 19.3 Å². The maximum atomic E-state index is 11.7. The molecule has 0 radical (unpaired) electrons. The van der Waals surface area contributed by atoms with E-state index in [9.17, 15) is 4.79 Å². The first-order valence-electron chi connectivity index (χ1n) is 5.93. The van der Waals surface area contributed by atoms with Crippen LogP contribution in [0, 0.1) is 6.92 Å². The molecule has 0 unspecified atom stereocenters. The highest BCUT2D eigenvalue weighted by Crippen LogP contribution is 2.05.